The summed E-state index contributed by atoms with van der Waals surface area (Å²) >= 11 is 0. The van der Waals surface area contributed by atoms with Crippen LogP contribution in [0.2, 0.25) is 0 Å². The summed E-state index contributed by atoms with van der Waals surface area (Å²) in [6.45, 7) is 1.80. The zero-order valence-electron chi connectivity index (χ0n) is 11.7. The lowest BCUT2D eigenvalue weighted by Crippen LogP contribution is -2.42. The fourth-order valence-corrected chi connectivity index (χ4v) is 3.71. The van der Waals surface area contributed by atoms with E-state index in [9.17, 15) is 9.90 Å². The molecular formula is C15H21N3O2. The number of rotatable bonds is 2. The largest absolute Gasteiger partial charge is 0.476 e. The predicted molar refractivity (Wildman–Crippen MR) is 76.0 cm³/mol. The third kappa shape index (κ3) is 2.49. The Morgan fingerprint density at radius 2 is 1.70 bits per heavy atom. The summed E-state index contributed by atoms with van der Waals surface area (Å²) in [7, 11) is 0. The lowest BCUT2D eigenvalue weighted by Gasteiger charge is -2.44. The number of nitrogens with zero attached hydrogens (tertiary/aromatic N) is 3. The van der Waals surface area contributed by atoms with E-state index in [0.29, 0.717) is 11.2 Å². The molecule has 0 unspecified atom stereocenters. The van der Waals surface area contributed by atoms with Crippen molar-refractivity contribution < 1.29 is 9.90 Å². The standard InChI is InChI=1S/C15H21N3O2/c19-14(20)12-13(17-9-8-16-12)18-10-6-15(7-11-18)4-2-1-3-5-15/h8-9H,1-7,10-11H2,(H,19,20). The van der Waals surface area contributed by atoms with Gasteiger partial charge in [0.1, 0.15) is 0 Å². The molecule has 5 heteroatoms. The van der Waals surface area contributed by atoms with Crippen molar-refractivity contribution in [3.63, 3.8) is 0 Å². The minimum atomic E-state index is -0.994. The first-order valence-electron chi connectivity index (χ1n) is 7.49. The van der Waals surface area contributed by atoms with Gasteiger partial charge in [-0.05, 0) is 31.1 Å². The van der Waals surface area contributed by atoms with E-state index in [4.69, 9.17) is 0 Å². The van der Waals surface area contributed by atoms with Gasteiger partial charge in [-0.25, -0.2) is 14.8 Å². The van der Waals surface area contributed by atoms with Crippen molar-refractivity contribution in [1.29, 1.82) is 0 Å². The number of hydrogen-bond donors (Lipinski definition) is 1. The maximum Gasteiger partial charge on any atom is 0.358 e. The normalized spacial score (nSPS) is 21.9. The molecule has 5 nitrogen and oxygen atoms in total. The van der Waals surface area contributed by atoms with Gasteiger partial charge in [0.2, 0.25) is 0 Å². The van der Waals surface area contributed by atoms with E-state index in [2.05, 4.69) is 14.9 Å². The Hall–Kier alpha value is -1.65. The van der Waals surface area contributed by atoms with Crippen molar-refractivity contribution in [3.8, 4) is 0 Å². The number of carboxylic acid groups (broad SMARTS) is 1. The van der Waals surface area contributed by atoms with Crippen LogP contribution < -0.4 is 4.90 Å². The second kappa shape index (κ2) is 5.38. The van der Waals surface area contributed by atoms with E-state index in [1.807, 2.05) is 0 Å². The van der Waals surface area contributed by atoms with Crippen LogP contribution in [0.5, 0.6) is 0 Å². The monoisotopic (exact) mass is 275 g/mol. The van der Waals surface area contributed by atoms with Crippen LogP contribution in [0.3, 0.4) is 0 Å². The van der Waals surface area contributed by atoms with E-state index in [1.165, 1.54) is 38.3 Å². The van der Waals surface area contributed by atoms with Crippen LogP contribution in [0.1, 0.15) is 55.4 Å². The Bertz CT molecular complexity index is 488. The van der Waals surface area contributed by atoms with E-state index in [1.54, 1.807) is 6.20 Å². The summed E-state index contributed by atoms with van der Waals surface area (Å²) in [4.78, 5) is 21.5. The molecule has 1 aliphatic heterocycles. The fourth-order valence-electron chi connectivity index (χ4n) is 3.71. The molecule has 2 fully saturated rings. The quantitative estimate of drug-likeness (QED) is 0.899. The molecule has 1 aromatic rings. The Morgan fingerprint density at radius 1 is 1.05 bits per heavy atom. The topological polar surface area (TPSA) is 66.3 Å². The van der Waals surface area contributed by atoms with Crippen molar-refractivity contribution in [3.05, 3.63) is 18.1 Å². The van der Waals surface area contributed by atoms with Crippen LogP contribution in [-0.4, -0.2) is 34.1 Å². The van der Waals surface area contributed by atoms with Crippen molar-refractivity contribution in [2.45, 2.75) is 44.9 Å². The molecule has 2 heterocycles. The molecule has 2 aliphatic rings. The average Bonchev–Trinajstić information content (AvgIpc) is 2.49. The Morgan fingerprint density at radius 3 is 2.35 bits per heavy atom. The van der Waals surface area contributed by atoms with E-state index in [-0.39, 0.29) is 5.69 Å². The number of piperidine rings is 1. The highest BCUT2D eigenvalue weighted by Crippen LogP contribution is 2.45. The number of carboxylic acids is 1. The van der Waals surface area contributed by atoms with E-state index >= 15 is 0 Å². The van der Waals surface area contributed by atoms with Gasteiger partial charge in [-0.1, -0.05) is 19.3 Å². The first-order chi connectivity index (χ1) is 9.70. The highest BCUT2D eigenvalue weighted by Gasteiger charge is 2.36. The smallest absolute Gasteiger partial charge is 0.358 e. The molecule has 1 saturated heterocycles. The van der Waals surface area contributed by atoms with E-state index in [0.717, 1.165) is 25.9 Å². The average molecular weight is 275 g/mol. The number of aromatic carboxylic acids is 1. The van der Waals surface area contributed by atoms with Gasteiger partial charge in [-0.15, -0.1) is 0 Å². The summed E-state index contributed by atoms with van der Waals surface area (Å²) in [5, 5.41) is 9.21. The molecule has 20 heavy (non-hydrogen) atoms. The molecule has 3 rings (SSSR count). The second-order valence-electron chi connectivity index (χ2n) is 6.08. The molecule has 0 atom stereocenters. The molecule has 1 aliphatic carbocycles. The van der Waals surface area contributed by atoms with Gasteiger partial charge in [-0.2, -0.15) is 0 Å². The molecule has 1 spiro atoms. The van der Waals surface area contributed by atoms with Crippen LogP contribution >= 0.6 is 0 Å². The molecular weight excluding hydrogens is 254 g/mol. The molecule has 1 aromatic heterocycles. The zero-order valence-corrected chi connectivity index (χ0v) is 11.7. The molecule has 0 aromatic carbocycles. The van der Waals surface area contributed by atoms with Crippen LogP contribution in [0.25, 0.3) is 0 Å². The van der Waals surface area contributed by atoms with E-state index < -0.39 is 5.97 Å². The fraction of sp³-hybridized carbons (Fsp3) is 0.667. The molecule has 0 amide bonds. The zero-order chi connectivity index (χ0) is 14.0. The summed E-state index contributed by atoms with van der Waals surface area (Å²) in [5.74, 6) is -0.461. The third-order valence-corrected chi connectivity index (χ3v) is 4.92. The maximum absolute atomic E-state index is 11.2. The summed E-state index contributed by atoms with van der Waals surface area (Å²) < 4.78 is 0. The molecule has 0 bridgehead atoms. The number of hydrogen-bond acceptors (Lipinski definition) is 4. The lowest BCUT2D eigenvalue weighted by atomic mass is 9.68. The van der Waals surface area contributed by atoms with Crippen molar-refractivity contribution in [2.75, 3.05) is 18.0 Å². The molecule has 0 radical (unpaired) electrons. The van der Waals surface area contributed by atoms with Crippen LogP contribution in [-0.2, 0) is 0 Å². The van der Waals surface area contributed by atoms with Gasteiger partial charge < -0.3 is 10.0 Å². The third-order valence-electron chi connectivity index (χ3n) is 4.92. The SMILES string of the molecule is O=C(O)c1nccnc1N1CCC2(CCCCC2)CC1. The van der Waals surface area contributed by atoms with Gasteiger partial charge in [0.05, 0.1) is 0 Å². The Kier molecular flexibility index (Phi) is 3.59. The van der Waals surface area contributed by atoms with Crippen molar-refractivity contribution in [2.24, 2.45) is 5.41 Å². The Labute approximate surface area is 119 Å². The number of carbonyl (C=O) groups is 1. The minimum absolute atomic E-state index is 0.0760. The van der Waals surface area contributed by atoms with Crippen molar-refractivity contribution >= 4 is 11.8 Å². The summed E-state index contributed by atoms with van der Waals surface area (Å²) in [5.41, 5.74) is 0.590. The predicted octanol–water partition coefficient (Wildman–Crippen LogP) is 2.73. The Balaban J connectivity index is 1.73. The summed E-state index contributed by atoms with van der Waals surface area (Å²) in [6, 6.07) is 0. The van der Waals surface area contributed by atoms with Crippen molar-refractivity contribution in [1.82, 2.24) is 9.97 Å². The van der Waals surface area contributed by atoms with Crippen LogP contribution in [0, 0.1) is 5.41 Å². The van der Waals surface area contributed by atoms with Gasteiger partial charge in [0.25, 0.3) is 0 Å². The first-order valence-corrected chi connectivity index (χ1v) is 7.49. The second-order valence-corrected chi connectivity index (χ2v) is 6.08. The van der Waals surface area contributed by atoms with Gasteiger partial charge >= 0.3 is 5.97 Å². The molecule has 108 valence electrons. The minimum Gasteiger partial charge on any atom is -0.476 e. The van der Waals surface area contributed by atoms with Gasteiger partial charge in [0.15, 0.2) is 11.5 Å². The summed E-state index contributed by atoms with van der Waals surface area (Å²) in [6.07, 6.45) is 12.1. The molecule has 1 saturated carbocycles. The van der Waals surface area contributed by atoms with Gasteiger partial charge in [0, 0.05) is 25.5 Å². The lowest BCUT2D eigenvalue weighted by molar-refractivity contribution is 0.0690. The van der Waals surface area contributed by atoms with Gasteiger partial charge in [-0.3, -0.25) is 0 Å². The van der Waals surface area contributed by atoms with Crippen LogP contribution in [0.4, 0.5) is 5.82 Å². The highest BCUT2D eigenvalue weighted by molar-refractivity contribution is 5.90. The molecule has 1 N–H and O–H groups in total. The maximum atomic E-state index is 11.2. The first kappa shape index (κ1) is 13.3. The van der Waals surface area contributed by atoms with Crippen LogP contribution in [0.15, 0.2) is 12.4 Å². The number of aromatic nitrogens is 2. The number of anilines is 1. The highest BCUT2D eigenvalue weighted by atomic mass is 16.4.